The van der Waals surface area contributed by atoms with Crippen LogP contribution in [0.1, 0.15) is 25.8 Å². The number of fused-ring (bicyclic) bond motifs is 1. The van der Waals surface area contributed by atoms with Crippen molar-refractivity contribution in [2.75, 3.05) is 6.54 Å². The number of rotatable bonds is 2. The number of aliphatic hydroxyl groups excluding tert-OH is 3. The van der Waals surface area contributed by atoms with E-state index in [4.69, 9.17) is 0 Å². The van der Waals surface area contributed by atoms with Crippen LogP contribution in [0.4, 0.5) is 0 Å². The minimum atomic E-state index is -0.894. The molecule has 2 aliphatic heterocycles. The number of aliphatic hydroxyl groups is 3. The summed E-state index contributed by atoms with van der Waals surface area (Å²) in [4.78, 5) is 6.00. The average Bonchev–Trinajstić information content (AvgIpc) is 2.98. The fourth-order valence-electron chi connectivity index (χ4n) is 2.79. The Hall–Kier alpha value is -1.63. The summed E-state index contributed by atoms with van der Waals surface area (Å²) < 4.78 is 0. The van der Waals surface area contributed by atoms with Gasteiger partial charge in [0.15, 0.2) is 5.96 Å². The van der Waals surface area contributed by atoms with Gasteiger partial charge in [0.05, 0.1) is 18.7 Å². The van der Waals surface area contributed by atoms with E-state index in [1.54, 1.807) is 4.90 Å². The molecule has 3 rings (SSSR count). The summed E-state index contributed by atoms with van der Waals surface area (Å²) in [5.41, 5.74) is 1.12. The van der Waals surface area contributed by atoms with Crippen LogP contribution < -0.4 is 5.32 Å². The summed E-state index contributed by atoms with van der Waals surface area (Å²) in [6.45, 7) is 4.99. The second-order valence-corrected chi connectivity index (χ2v) is 5.25. The first-order valence-electron chi connectivity index (χ1n) is 7.81. The number of benzene rings is 1. The van der Waals surface area contributed by atoms with E-state index >= 15 is 0 Å². The zero-order valence-electron chi connectivity index (χ0n) is 13.1. The van der Waals surface area contributed by atoms with E-state index in [9.17, 15) is 15.3 Å². The molecular formula is C16H25N3O3. The van der Waals surface area contributed by atoms with Gasteiger partial charge in [0.2, 0.25) is 0 Å². The zero-order valence-corrected chi connectivity index (χ0v) is 13.1. The Kier molecular flexibility index (Phi) is 5.76. The van der Waals surface area contributed by atoms with Gasteiger partial charge in [-0.3, -0.25) is 4.99 Å². The number of aliphatic imine (C=N–C) groups is 1. The highest BCUT2D eigenvalue weighted by atomic mass is 16.3. The fourth-order valence-corrected chi connectivity index (χ4v) is 2.79. The monoisotopic (exact) mass is 307 g/mol. The van der Waals surface area contributed by atoms with Crippen molar-refractivity contribution in [1.82, 2.24) is 10.2 Å². The topological polar surface area (TPSA) is 88.3 Å². The van der Waals surface area contributed by atoms with E-state index in [-0.39, 0.29) is 12.5 Å². The molecule has 0 bridgehead atoms. The molecular weight excluding hydrogens is 282 g/mol. The molecule has 4 N–H and O–H groups in total. The van der Waals surface area contributed by atoms with Crippen LogP contribution in [-0.2, 0) is 6.54 Å². The summed E-state index contributed by atoms with van der Waals surface area (Å²) in [5.74, 6) is 0.581. The van der Waals surface area contributed by atoms with E-state index in [1.165, 1.54) is 0 Å². The Labute approximate surface area is 131 Å². The van der Waals surface area contributed by atoms with Crippen LogP contribution in [0.15, 0.2) is 35.3 Å². The first-order chi connectivity index (χ1) is 10.7. The molecule has 0 amide bonds. The molecule has 0 spiro atoms. The molecule has 6 heteroatoms. The third-order valence-corrected chi connectivity index (χ3v) is 3.89. The molecule has 1 aromatic rings. The van der Waals surface area contributed by atoms with Crippen molar-refractivity contribution in [1.29, 1.82) is 0 Å². The SMILES string of the molecule is CC.OC1C[C@@H](O)N2C(NCc3ccccc3)=NCC2[C@H]1O. The molecule has 1 aromatic carbocycles. The largest absolute Gasteiger partial charge is 0.390 e. The molecule has 22 heavy (non-hydrogen) atoms. The number of hydrogen-bond acceptors (Lipinski definition) is 6. The second kappa shape index (κ2) is 7.58. The van der Waals surface area contributed by atoms with Crippen LogP contribution >= 0.6 is 0 Å². The van der Waals surface area contributed by atoms with Gasteiger partial charge in [-0.15, -0.1) is 0 Å². The predicted molar refractivity (Wildman–Crippen MR) is 85.2 cm³/mol. The molecule has 2 unspecified atom stereocenters. The Balaban J connectivity index is 0.000000847. The van der Waals surface area contributed by atoms with Crippen molar-refractivity contribution in [3.63, 3.8) is 0 Å². The fraction of sp³-hybridized carbons (Fsp3) is 0.562. The maximum atomic E-state index is 10.1. The van der Waals surface area contributed by atoms with Crippen molar-refractivity contribution in [3.8, 4) is 0 Å². The highest BCUT2D eigenvalue weighted by Crippen LogP contribution is 2.26. The molecule has 1 fully saturated rings. The van der Waals surface area contributed by atoms with Crippen molar-refractivity contribution < 1.29 is 15.3 Å². The van der Waals surface area contributed by atoms with Gasteiger partial charge in [0.1, 0.15) is 12.3 Å². The lowest BCUT2D eigenvalue weighted by Gasteiger charge is -2.41. The van der Waals surface area contributed by atoms with E-state index in [1.807, 2.05) is 44.2 Å². The molecule has 0 saturated carbocycles. The molecule has 4 atom stereocenters. The molecule has 1 saturated heterocycles. The Morgan fingerprint density at radius 2 is 1.86 bits per heavy atom. The predicted octanol–water partition coefficient (Wildman–Crippen LogP) is 0.286. The minimum absolute atomic E-state index is 0.129. The van der Waals surface area contributed by atoms with Gasteiger partial charge in [-0.1, -0.05) is 44.2 Å². The van der Waals surface area contributed by atoms with E-state index in [0.717, 1.165) is 5.56 Å². The standard InChI is InChI=1S/C14H19N3O3.C2H6/c18-11-6-12(19)17-10(13(11)20)8-16-14(17)15-7-9-4-2-1-3-5-9;1-2/h1-5,10-13,18-20H,6-8H2,(H,15,16);1-2H3/t10?,11?,12-,13-;/m1./s1. The second-order valence-electron chi connectivity index (χ2n) is 5.25. The summed E-state index contributed by atoms with van der Waals surface area (Å²) >= 11 is 0. The molecule has 0 radical (unpaired) electrons. The third kappa shape index (κ3) is 3.40. The Bertz CT molecular complexity index is 495. The zero-order chi connectivity index (χ0) is 16.1. The number of nitrogens with zero attached hydrogens (tertiary/aromatic N) is 2. The maximum absolute atomic E-state index is 10.1. The summed E-state index contributed by atoms with van der Waals surface area (Å²) in [7, 11) is 0. The number of hydrogen-bond donors (Lipinski definition) is 4. The van der Waals surface area contributed by atoms with Crippen LogP contribution in [0.3, 0.4) is 0 Å². The maximum Gasteiger partial charge on any atom is 0.196 e. The van der Waals surface area contributed by atoms with Crippen molar-refractivity contribution >= 4 is 5.96 Å². The molecule has 122 valence electrons. The molecule has 0 aliphatic carbocycles. The van der Waals surface area contributed by atoms with Crippen molar-refractivity contribution in [2.24, 2.45) is 4.99 Å². The van der Waals surface area contributed by atoms with E-state index in [0.29, 0.717) is 19.0 Å². The molecule has 0 aromatic heterocycles. The van der Waals surface area contributed by atoms with Gasteiger partial charge in [0.25, 0.3) is 0 Å². The highest BCUT2D eigenvalue weighted by Gasteiger charge is 2.45. The van der Waals surface area contributed by atoms with Crippen LogP contribution in [-0.4, -0.2) is 57.2 Å². The quantitative estimate of drug-likeness (QED) is 0.631. The van der Waals surface area contributed by atoms with E-state index < -0.39 is 18.4 Å². The van der Waals surface area contributed by atoms with Crippen LogP contribution in [0.25, 0.3) is 0 Å². The molecule has 2 aliphatic rings. The number of piperidine rings is 1. The average molecular weight is 307 g/mol. The summed E-state index contributed by atoms with van der Waals surface area (Å²) in [6, 6.07) is 9.54. The lowest BCUT2D eigenvalue weighted by atomic mass is 9.96. The van der Waals surface area contributed by atoms with Gasteiger partial charge in [-0.25, -0.2) is 0 Å². The number of guanidine groups is 1. The van der Waals surface area contributed by atoms with Crippen LogP contribution in [0.5, 0.6) is 0 Å². The van der Waals surface area contributed by atoms with Crippen molar-refractivity contribution in [2.45, 2.75) is 51.3 Å². The Morgan fingerprint density at radius 3 is 2.55 bits per heavy atom. The minimum Gasteiger partial charge on any atom is -0.390 e. The molecule has 6 nitrogen and oxygen atoms in total. The first-order valence-corrected chi connectivity index (χ1v) is 7.81. The van der Waals surface area contributed by atoms with Crippen molar-refractivity contribution in [3.05, 3.63) is 35.9 Å². The smallest absolute Gasteiger partial charge is 0.196 e. The van der Waals surface area contributed by atoms with Crippen LogP contribution in [0, 0.1) is 0 Å². The normalized spacial score (nSPS) is 30.0. The van der Waals surface area contributed by atoms with Crippen LogP contribution in [0.2, 0.25) is 0 Å². The Morgan fingerprint density at radius 1 is 1.18 bits per heavy atom. The van der Waals surface area contributed by atoms with Gasteiger partial charge >= 0.3 is 0 Å². The lowest BCUT2D eigenvalue weighted by molar-refractivity contribution is -0.121. The summed E-state index contributed by atoms with van der Waals surface area (Å²) in [5, 5.41) is 32.9. The number of nitrogens with one attached hydrogen (secondary N) is 1. The van der Waals surface area contributed by atoms with E-state index in [2.05, 4.69) is 10.3 Å². The van der Waals surface area contributed by atoms with Gasteiger partial charge in [0, 0.05) is 13.0 Å². The molecule has 2 heterocycles. The highest BCUT2D eigenvalue weighted by molar-refractivity contribution is 5.82. The van der Waals surface area contributed by atoms with Gasteiger partial charge in [-0.2, -0.15) is 0 Å². The third-order valence-electron chi connectivity index (χ3n) is 3.89. The van der Waals surface area contributed by atoms with Gasteiger partial charge < -0.3 is 25.5 Å². The van der Waals surface area contributed by atoms with Gasteiger partial charge in [-0.05, 0) is 5.56 Å². The summed E-state index contributed by atoms with van der Waals surface area (Å²) in [6.07, 6.45) is -2.46. The first kappa shape index (κ1) is 16.7. The lowest BCUT2D eigenvalue weighted by Crippen LogP contribution is -2.61.